The molecular formula is C17H15BrClNO4. The summed E-state index contributed by atoms with van der Waals surface area (Å²) in [6.07, 6.45) is -0.959. The molecule has 0 saturated carbocycles. The van der Waals surface area contributed by atoms with Gasteiger partial charge < -0.3 is 15.2 Å². The Balaban J connectivity index is 2.18. The number of nitrogen functional groups attached to an aromatic ring is 1. The molecule has 1 atom stereocenters. The first-order valence-corrected chi connectivity index (χ1v) is 8.14. The van der Waals surface area contributed by atoms with E-state index < -0.39 is 12.1 Å². The average Bonchev–Trinajstić information content (AvgIpc) is 2.56. The molecule has 2 aromatic rings. The van der Waals surface area contributed by atoms with Gasteiger partial charge >= 0.3 is 5.97 Å². The van der Waals surface area contributed by atoms with E-state index in [1.165, 1.54) is 26.2 Å². The molecule has 0 aliphatic heterocycles. The van der Waals surface area contributed by atoms with Crippen LogP contribution in [0.1, 0.15) is 27.6 Å². The predicted molar refractivity (Wildman–Crippen MR) is 95.8 cm³/mol. The summed E-state index contributed by atoms with van der Waals surface area (Å²) >= 11 is 9.23. The molecule has 0 aliphatic carbocycles. The van der Waals surface area contributed by atoms with Gasteiger partial charge in [-0.15, -0.1) is 0 Å². The fourth-order valence-corrected chi connectivity index (χ4v) is 2.45. The molecule has 7 heteroatoms. The molecule has 2 aromatic carbocycles. The van der Waals surface area contributed by atoms with Crippen LogP contribution in [0.15, 0.2) is 40.9 Å². The molecule has 0 aliphatic rings. The predicted octanol–water partition coefficient (Wildman–Crippen LogP) is 4.12. The molecule has 0 fully saturated rings. The Hall–Kier alpha value is -2.05. The van der Waals surface area contributed by atoms with Crippen LogP contribution in [-0.2, 0) is 4.74 Å². The molecule has 0 heterocycles. The van der Waals surface area contributed by atoms with Gasteiger partial charge in [-0.05, 0) is 25.1 Å². The number of carbonyl (C=O) groups excluding carboxylic acids is 2. The van der Waals surface area contributed by atoms with Crippen molar-refractivity contribution in [3.8, 4) is 5.75 Å². The van der Waals surface area contributed by atoms with Crippen LogP contribution in [0.25, 0.3) is 0 Å². The van der Waals surface area contributed by atoms with Crippen molar-refractivity contribution >= 4 is 45.0 Å². The Kier molecular flexibility index (Phi) is 5.85. The third-order valence-corrected chi connectivity index (χ3v) is 4.18. The van der Waals surface area contributed by atoms with Crippen LogP contribution in [0.3, 0.4) is 0 Å². The number of benzene rings is 2. The van der Waals surface area contributed by atoms with Gasteiger partial charge in [0.1, 0.15) is 11.3 Å². The molecule has 0 bridgehead atoms. The minimum Gasteiger partial charge on any atom is -0.496 e. The molecule has 0 radical (unpaired) electrons. The summed E-state index contributed by atoms with van der Waals surface area (Å²) in [6, 6.07) is 9.57. The van der Waals surface area contributed by atoms with Crippen molar-refractivity contribution in [2.45, 2.75) is 13.0 Å². The van der Waals surface area contributed by atoms with Gasteiger partial charge in [0.15, 0.2) is 6.10 Å². The van der Waals surface area contributed by atoms with Crippen molar-refractivity contribution in [1.82, 2.24) is 0 Å². The third kappa shape index (κ3) is 4.07. The maximum atomic E-state index is 12.3. The lowest BCUT2D eigenvalue weighted by molar-refractivity contribution is 0.0316. The molecule has 24 heavy (non-hydrogen) atoms. The first-order chi connectivity index (χ1) is 11.3. The molecule has 0 amide bonds. The van der Waals surface area contributed by atoms with Gasteiger partial charge in [0.05, 0.1) is 17.8 Å². The van der Waals surface area contributed by atoms with Crippen molar-refractivity contribution < 1.29 is 19.1 Å². The number of ketones is 1. The zero-order valence-corrected chi connectivity index (χ0v) is 15.3. The van der Waals surface area contributed by atoms with E-state index in [1.54, 1.807) is 24.3 Å². The van der Waals surface area contributed by atoms with Gasteiger partial charge in [0.25, 0.3) is 0 Å². The molecule has 0 aromatic heterocycles. The molecule has 2 N–H and O–H groups in total. The first-order valence-electron chi connectivity index (χ1n) is 6.97. The standard InChI is InChI=1S/C17H15BrClNO4/c1-9(16(21)10-3-5-11(18)6-4-10)24-17(22)12-7-13(19)14(20)8-15(12)23-2/h3-9H,20H2,1-2H3/t9-/m1/s1. The summed E-state index contributed by atoms with van der Waals surface area (Å²) in [7, 11) is 1.40. The van der Waals surface area contributed by atoms with Crippen molar-refractivity contribution in [3.05, 3.63) is 57.0 Å². The van der Waals surface area contributed by atoms with Crippen LogP contribution in [-0.4, -0.2) is 25.0 Å². The molecular weight excluding hydrogens is 398 g/mol. The van der Waals surface area contributed by atoms with Crippen LogP contribution in [0.4, 0.5) is 5.69 Å². The summed E-state index contributed by atoms with van der Waals surface area (Å²) in [5.74, 6) is -0.798. The second kappa shape index (κ2) is 7.68. The van der Waals surface area contributed by atoms with E-state index in [0.29, 0.717) is 5.56 Å². The van der Waals surface area contributed by atoms with E-state index >= 15 is 0 Å². The molecule has 0 unspecified atom stereocenters. The quantitative estimate of drug-likeness (QED) is 0.454. The first kappa shape index (κ1) is 18.3. The highest BCUT2D eigenvalue weighted by Gasteiger charge is 2.23. The van der Waals surface area contributed by atoms with E-state index in [0.717, 1.165) is 4.47 Å². The van der Waals surface area contributed by atoms with Crippen molar-refractivity contribution in [3.63, 3.8) is 0 Å². The Morgan fingerprint density at radius 2 is 1.83 bits per heavy atom. The summed E-state index contributed by atoms with van der Waals surface area (Å²) in [6.45, 7) is 1.51. The Morgan fingerprint density at radius 3 is 2.42 bits per heavy atom. The zero-order chi connectivity index (χ0) is 17.9. The molecule has 2 rings (SSSR count). The van der Waals surface area contributed by atoms with Crippen molar-refractivity contribution in [2.24, 2.45) is 0 Å². The molecule has 5 nitrogen and oxygen atoms in total. The highest BCUT2D eigenvalue weighted by atomic mass is 79.9. The molecule has 0 spiro atoms. The van der Waals surface area contributed by atoms with Crippen LogP contribution < -0.4 is 10.5 Å². The molecule has 126 valence electrons. The van der Waals surface area contributed by atoms with Gasteiger partial charge in [0.2, 0.25) is 5.78 Å². The van der Waals surface area contributed by atoms with E-state index in [4.69, 9.17) is 26.8 Å². The Morgan fingerprint density at radius 1 is 1.21 bits per heavy atom. The summed E-state index contributed by atoms with van der Waals surface area (Å²) in [5, 5.41) is 0.203. The number of hydrogen-bond donors (Lipinski definition) is 1. The van der Waals surface area contributed by atoms with Crippen LogP contribution in [0, 0.1) is 0 Å². The number of Topliss-reactive ketones (excluding diaryl/α,β-unsaturated/α-hetero) is 1. The SMILES string of the molecule is COc1cc(N)c(Cl)cc1C(=O)O[C@H](C)C(=O)c1ccc(Br)cc1. The topological polar surface area (TPSA) is 78.6 Å². The Bertz CT molecular complexity index is 777. The lowest BCUT2D eigenvalue weighted by atomic mass is 10.1. The highest BCUT2D eigenvalue weighted by Crippen LogP contribution is 2.29. The fourth-order valence-electron chi connectivity index (χ4n) is 2.02. The van der Waals surface area contributed by atoms with E-state index in [2.05, 4.69) is 15.9 Å². The van der Waals surface area contributed by atoms with Crippen molar-refractivity contribution in [2.75, 3.05) is 12.8 Å². The number of ether oxygens (including phenoxy) is 2. The average molecular weight is 413 g/mol. The van der Waals surface area contributed by atoms with Gasteiger partial charge in [-0.3, -0.25) is 4.79 Å². The number of halogens is 2. The number of hydrogen-bond acceptors (Lipinski definition) is 5. The smallest absolute Gasteiger partial charge is 0.342 e. The second-order valence-electron chi connectivity index (χ2n) is 4.99. The monoisotopic (exact) mass is 411 g/mol. The summed E-state index contributed by atoms with van der Waals surface area (Å²) in [4.78, 5) is 24.7. The number of methoxy groups -OCH3 is 1. The number of anilines is 1. The van der Waals surface area contributed by atoms with Gasteiger partial charge in [-0.25, -0.2) is 4.79 Å². The minimum atomic E-state index is -0.959. The van der Waals surface area contributed by atoms with E-state index in [-0.39, 0.29) is 27.8 Å². The van der Waals surface area contributed by atoms with Gasteiger partial charge in [0, 0.05) is 16.1 Å². The van der Waals surface area contributed by atoms with E-state index in [1.807, 2.05) is 0 Å². The highest BCUT2D eigenvalue weighted by molar-refractivity contribution is 9.10. The molecule has 0 saturated heterocycles. The van der Waals surface area contributed by atoms with Crippen LogP contribution in [0.5, 0.6) is 5.75 Å². The minimum absolute atomic E-state index is 0.104. The zero-order valence-electron chi connectivity index (χ0n) is 13.0. The van der Waals surface area contributed by atoms with Gasteiger partial charge in [-0.2, -0.15) is 0 Å². The number of rotatable bonds is 5. The maximum Gasteiger partial charge on any atom is 0.342 e. The summed E-state index contributed by atoms with van der Waals surface area (Å²) in [5.41, 5.74) is 6.51. The second-order valence-corrected chi connectivity index (χ2v) is 6.32. The number of carbonyl (C=O) groups is 2. The number of esters is 1. The van der Waals surface area contributed by atoms with Crippen LogP contribution >= 0.6 is 27.5 Å². The lowest BCUT2D eigenvalue weighted by Crippen LogP contribution is -2.24. The van der Waals surface area contributed by atoms with Crippen LogP contribution in [0.2, 0.25) is 5.02 Å². The maximum absolute atomic E-state index is 12.3. The van der Waals surface area contributed by atoms with Gasteiger partial charge in [-0.1, -0.05) is 39.7 Å². The largest absolute Gasteiger partial charge is 0.496 e. The fraction of sp³-hybridized carbons (Fsp3) is 0.176. The third-order valence-electron chi connectivity index (χ3n) is 3.32. The normalized spacial score (nSPS) is 11.7. The lowest BCUT2D eigenvalue weighted by Gasteiger charge is -2.15. The van der Waals surface area contributed by atoms with Crippen molar-refractivity contribution in [1.29, 1.82) is 0 Å². The Labute approximate surface area is 152 Å². The number of nitrogens with two attached hydrogens (primary N) is 1. The van der Waals surface area contributed by atoms with E-state index in [9.17, 15) is 9.59 Å². The summed E-state index contributed by atoms with van der Waals surface area (Å²) < 4.78 is 11.2.